The van der Waals surface area contributed by atoms with E-state index in [0.29, 0.717) is 12.3 Å². The Labute approximate surface area is 160 Å². The van der Waals surface area contributed by atoms with Crippen LogP contribution < -0.4 is 10.1 Å². The van der Waals surface area contributed by atoms with Gasteiger partial charge in [0.2, 0.25) is 5.91 Å². The lowest BCUT2D eigenvalue weighted by atomic mass is 9.79. The molecule has 0 aromatic heterocycles. The summed E-state index contributed by atoms with van der Waals surface area (Å²) in [6, 6.07) is 7.49. The van der Waals surface area contributed by atoms with Gasteiger partial charge in [-0.2, -0.15) is 0 Å². The van der Waals surface area contributed by atoms with Gasteiger partial charge >= 0.3 is 5.97 Å². The minimum atomic E-state index is -0.860. The van der Waals surface area contributed by atoms with Gasteiger partial charge in [-0.05, 0) is 37.6 Å². The number of hydrogen-bond acceptors (Lipinski definition) is 4. The van der Waals surface area contributed by atoms with Gasteiger partial charge in [-0.3, -0.25) is 9.59 Å². The molecule has 2 N–H and O–H groups in total. The van der Waals surface area contributed by atoms with Crippen molar-refractivity contribution in [3.63, 3.8) is 0 Å². The molecule has 6 nitrogen and oxygen atoms in total. The molecular weight excluding hydrogens is 356 g/mol. The van der Waals surface area contributed by atoms with E-state index < -0.39 is 17.3 Å². The Morgan fingerprint density at radius 2 is 1.88 bits per heavy atom. The number of likely N-dealkylation sites (tertiary alicyclic amines) is 1. The number of carbonyl (C=O) groups is 2. The number of nitrogens with zero attached hydrogens (tertiary/aromatic N) is 1. The normalized spacial score (nSPS) is 24.6. The number of benzene rings is 1. The Bertz CT molecular complexity index is 661. The summed E-state index contributed by atoms with van der Waals surface area (Å²) in [6.45, 7) is 4.35. The van der Waals surface area contributed by atoms with Crippen LogP contribution in [0.4, 0.5) is 0 Å². The fraction of sp³-hybridized carbons (Fsp3) is 0.579. The summed E-state index contributed by atoms with van der Waals surface area (Å²) in [4.78, 5) is 26.7. The average molecular weight is 383 g/mol. The Hall–Kier alpha value is -1.79. The van der Waals surface area contributed by atoms with E-state index in [2.05, 4.69) is 5.32 Å². The van der Waals surface area contributed by atoms with Crippen LogP contribution in [0.3, 0.4) is 0 Å². The summed E-state index contributed by atoms with van der Waals surface area (Å²) in [5.41, 5.74) is 0.465. The molecule has 1 amide bonds. The van der Waals surface area contributed by atoms with Crippen LogP contribution >= 0.6 is 12.4 Å². The van der Waals surface area contributed by atoms with Crippen LogP contribution in [0, 0.1) is 11.3 Å². The van der Waals surface area contributed by atoms with Crippen LogP contribution in [-0.2, 0) is 9.59 Å². The molecule has 7 heteroatoms. The molecule has 0 radical (unpaired) electrons. The van der Waals surface area contributed by atoms with Gasteiger partial charge in [0.25, 0.3) is 0 Å². The molecule has 2 saturated heterocycles. The summed E-state index contributed by atoms with van der Waals surface area (Å²) in [5.74, 6) is -0.950. The molecule has 2 aliphatic rings. The zero-order valence-corrected chi connectivity index (χ0v) is 16.1. The number of methoxy groups -OCH3 is 1. The predicted octanol–water partition coefficient (Wildman–Crippen LogP) is 2.13. The molecule has 0 saturated carbocycles. The van der Waals surface area contributed by atoms with Crippen molar-refractivity contribution in [2.75, 3.05) is 33.3 Å². The highest BCUT2D eigenvalue weighted by Gasteiger charge is 2.46. The van der Waals surface area contributed by atoms with E-state index in [-0.39, 0.29) is 30.8 Å². The lowest BCUT2D eigenvalue weighted by Crippen LogP contribution is -2.47. The maximum atomic E-state index is 13.1. The van der Waals surface area contributed by atoms with E-state index in [0.717, 1.165) is 31.5 Å². The second kappa shape index (κ2) is 8.27. The summed E-state index contributed by atoms with van der Waals surface area (Å²) in [6.07, 6.45) is 1.58. The van der Waals surface area contributed by atoms with Crippen LogP contribution in [0.1, 0.15) is 31.2 Å². The number of amides is 1. The quantitative estimate of drug-likeness (QED) is 0.834. The highest BCUT2D eigenvalue weighted by molar-refractivity contribution is 5.85. The Balaban J connectivity index is 0.00000243. The zero-order valence-electron chi connectivity index (χ0n) is 15.2. The lowest BCUT2D eigenvalue weighted by Gasteiger charge is -2.36. The van der Waals surface area contributed by atoms with E-state index in [1.165, 1.54) is 0 Å². The molecule has 1 aromatic rings. The van der Waals surface area contributed by atoms with Gasteiger partial charge in [-0.1, -0.05) is 25.1 Å². The van der Waals surface area contributed by atoms with Crippen molar-refractivity contribution in [2.45, 2.75) is 25.7 Å². The predicted molar refractivity (Wildman–Crippen MR) is 101 cm³/mol. The van der Waals surface area contributed by atoms with E-state index in [1.807, 2.05) is 31.2 Å². The van der Waals surface area contributed by atoms with Crippen molar-refractivity contribution in [2.24, 2.45) is 11.3 Å². The number of aliphatic carboxylic acids is 1. The first-order valence-corrected chi connectivity index (χ1v) is 8.82. The largest absolute Gasteiger partial charge is 0.496 e. The number of hydrogen-bond donors (Lipinski definition) is 2. The molecule has 0 unspecified atom stereocenters. The third-order valence-corrected chi connectivity index (χ3v) is 5.69. The monoisotopic (exact) mass is 382 g/mol. The number of rotatable bonds is 4. The van der Waals surface area contributed by atoms with Gasteiger partial charge in [-0.25, -0.2) is 0 Å². The Morgan fingerprint density at radius 1 is 1.23 bits per heavy atom. The smallest absolute Gasteiger partial charge is 0.308 e. The maximum Gasteiger partial charge on any atom is 0.308 e. The highest BCUT2D eigenvalue weighted by atomic mass is 35.5. The van der Waals surface area contributed by atoms with Gasteiger partial charge in [0.1, 0.15) is 5.75 Å². The van der Waals surface area contributed by atoms with Crippen molar-refractivity contribution >= 4 is 24.3 Å². The van der Waals surface area contributed by atoms with Crippen LogP contribution in [0.25, 0.3) is 0 Å². The molecule has 144 valence electrons. The number of halogens is 1. The van der Waals surface area contributed by atoms with Crippen molar-refractivity contribution in [3.8, 4) is 5.75 Å². The van der Waals surface area contributed by atoms with Gasteiger partial charge in [0.15, 0.2) is 0 Å². The number of carbonyl (C=O) groups excluding carboxylic acids is 1. The summed E-state index contributed by atoms with van der Waals surface area (Å²) in [7, 11) is 1.59. The Morgan fingerprint density at radius 3 is 2.50 bits per heavy atom. The average Bonchev–Trinajstić information content (AvgIpc) is 3.07. The topological polar surface area (TPSA) is 78.9 Å². The van der Waals surface area contributed by atoms with Gasteiger partial charge in [-0.15, -0.1) is 12.4 Å². The number of ether oxygens (including phenoxy) is 1. The number of carboxylic acid groups (broad SMARTS) is 1. The van der Waals surface area contributed by atoms with Crippen LogP contribution in [-0.4, -0.2) is 55.2 Å². The maximum absolute atomic E-state index is 13.1. The summed E-state index contributed by atoms with van der Waals surface area (Å²) < 4.78 is 5.41. The number of para-hydroxylation sites is 1. The van der Waals surface area contributed by atoms with Crippen molar-refractivity contribution in [3.05, 3.63) is 29.8 Å². The summed E-state index contributed by atoms with van der Waals surface area (Å²) >= 11 is 0. The second-order valence-electron chi connectivity index (χ2n) is 7.31. The fourth-order valence-electron chi connectivity index (χ4n) is 4.08. The molecule has 1 aromatic carbocycles. The first-order valence-electron chi connectivity index (χ1n) is 8.82. The summed E-state index contributed by atoms with van der Waals surface area (Å²) in [5, 5.41) is 13.0. The molecular formula is C19H27ClN2O4. The standard InChI is InChI=1S/C19H26N2O4.ClH/c1-19(7-9-20-10-8-19)18(24)21-11-14(15(12-21)17(22)23)13-5-3-4-6-16(13)25-2;/h3-6,14-15,20H,7-12H2,1-2H3,(H,22,23);1H/t14-,15+;/m0./s1. The molecule has 3 rings (SSSR count). The van der Waals surface area contributed by atoms with Crippen molar-refractivity contribution in [1.29, 1.82) is 0 Å². The van der Waals surface area contributed by atoms with Crippen LogP contribution in [0.2, 0.25) is 0 Å². The third-order valence-electron chi connectivity index (χ3n) is 5.69. The minimum Gasteiger partial charge on any atom is -0.496 e. The molecule has 2 aliphatic heterocycles. The van der Waals surface area contributed by atoms with Crippen LogP contribution in [0.15, 0.2) is 24.3 Å². The molecule has 2 heterocycles. The minimum absolute atomic E-state index is 0. The van der Waals surface area contributed by atoms with Crippen molar-refractivity contribution in [1.82, 2.24) is 10.2 Å². The van der Waals surface area contributed by atoms with Crippen LogP contribution in [0.5, 0.6) is 5.75 Å². The molecule has 0 aliphatic carbocycles. The second-order valence-corrected chi connectivity index (χ2v) is 7.31. The van der Waals surface area contributed by atoms with E-state index in [1.54, 1.807) is 12.0 Å². The van der Waals surface area contributed by atoms with Gasteiger partial charge in [0, 0.05) is 24.4 Å². The van der Waals surface area contributed by atoms with E-state index >= 15 is 0 Å². The number of carboxylic acids is 1. The molecule has 0 bridgehead atoms. The van der Waals surface area contributed by atoms with Gasteiger partial charge < -0.3 is 20.1 Å². The number of piperidine rings is 1. The molecule has 2 fully saturated rings. The first kappa shape index (κ1) is 20.5. The van der Waals surface area contributed by atoms with E-state index in [9.17, 15) is 14.7 Å². The highest BCUT2D eigenvalue weighted by Crippen LogP contribution is 2.40. The number of nitrogens with one attached hydrogen (secondary N) is 1. The third kappa shape index (κ3) is 3.81. The molecule has 0 spiro atoms. The van der Waals surface area contributed by atoms with Crippen molar-refractivity contribution < 1.29 is 19.4 Å². The van der Waals surface area contributed by atoms with Gasteiger partial charge in [0.05, 0.1) is 13.0 Å². The SMILES string of the molecule is COc1ccccc1[C@@H]1CN(C(=O)C2(C)CCNCC2)C[C@H]1C(=O)O.Cl. The fourth-order valence-corrected chi connectivity index (χ4v) is 4.08. The lowest BCUT2D eigenvalue weighted by molar-refractivity contribution is -0.143. The first-order chi connectivity index (χ1) is 12.0. The molecule has 2 atom stereocenters. The molecule has 26 heavy (non-hydrogen) atoms. The van der Waals surface area contributed by atoms with E-state index in [4.69, 9.17) is 4.74 Å². The Kier molecular flexibility index (Phi) is 6.53. The zero-order chi connectivity index (χ0) is 18.0.